The van der Waals surface area contributed by atoms with Gasteiger partial charge in [0.1, 0.15) is 0 Å². The lowest BCUT2D eigenvalue weighted by Crippen LogP contribution is -2.33. The molecule has 0 spiro atoms. The Balaban J connectivity index is 2.53. The molecule has 21 heavy (non-hydrogen) atoms. The number of rotatable bonds is 5. The number of carbonyl (C=O) groups excluding carboxylic acids is 1. The summed E-state index contributed by atoms with van der Waals surface area (Å²) < 4.78 is 0. The number of carbonyl (C=O) groups is 2. The van der Waals surface area contributed by atoms with Crippen LogP contribution in [0, 0.1) is 13.8 Å². The Hall–Kier alpha value is -2.62. The zero-order valence-electron chi connectivity index (χ0n) is 12.0. The average molecular weight is 283 g/mol. The largest absolute Gasteiger partial charge is 0.479 e. The van der Waals surface area contributed by atoms with E-state index in [2.05, 4.69) is 0 Å². The predicted molar refractivity (Wildman–Crippen MR) is 81.3 cm³/mol. The van der Waals surface area contributed by atoms with E-state index in [9.17, 15) is 14.7 Å². The molecule has 4 heteroatoms. The van der Waals surface area contributed by atoms with Crippen molar-refractivity contribution in [2.24, 2.45) is 0 Å². The third kappa shape index (κ3) is 3.11. The zero-order valence-corrected chi connectivity index (χ0v) is 12.0. The van der Waals surface area contributed by atoms with Gasteiger partial charge >= 0.3 is 5.97 Å². The molecule has 0 heterocycles. The number of aliphatic carboxylic acids is 1. The lowest BCUT2D eigenvalue weighted by atomic mass is 10.0. The summed E-state index contributed by atoms with van der Waals surface area (Å²) in [6.45, 7) is 3.76. The number of aryl methyl sites for hydroxylation is 2. The summed E-state index contributed by atoms with van der Waals surface area (Å²) in [4.78, 5) is 24.5. The number of benzene rings is 2. The first kappa shape index (κ1) is 14.8. The Labute approximate surface area is 123 Å². The summed E-state index contributed by atoms with van der Waals surface area (Å²) in [7, 11) is 0. The molecule has 0 aliphatic carbocycles. The van der Waals surface area contributed by atoms with Crippen molar-refractivity contribution in [3.63, 3.8) is 0 Å². The maximum atomic E-state index is 11.7. The van der Waals surface area contributed by atoms with E-state index in [1.54, 1.807) is 24.3 Å². The summed E-state index contributed by atoms with van der Waals surface area (Å²) in [5.41, 5.74) is 3.01. The van der Waals surface area contributed by atoms with Crippen LogP contribution in [0.25, 0.3) is 0 Å². The van der Waals surface area contributed by atoms with Crippen LogP contribution in [0.15, 0.2) is 48.5 Å². The van der Waals surface area contributed by atoms with Crippen molar-refractivity contribution < 1.29 is 14.7 Å². The van der Waals surface area contributed by atoms with Gasteiger partial charge in [-0.25, -0.2) is 4.79 Å². The molecule has 1 atom stereocenters. The first-order chi connectivity index (χ1) is 10.0. The van der Waals surface area contributed by atoms with Crippen LogP contribution < -0.4 is 4.90 Å². The van der Waals surface area contributed by atoms with E-state index in [1.807, 2.05) is 38.1 Å². The van der Waals surface area contributed by atoms with Crippen molar-refractivity contribution in [3.8, 4) is 0 Å². The number of anilines is 1. The molecular weight excluding hydrogens is 266 g/mol. The van der Waals surface area contributed by atoms with E-state index < -0.39 is 12.0 Å². The van der Waals surface area contributed by atoms with Crippen LogP contribution in [0.5, 0.6) is 0 Å². The van der Waals surface area contributed by atoms with E-state index in [-0.39, 0.29) is 0 Å². The fraction of sp³-hybridized carbons (Fsp3) is 0.176. The fourth-order valence-corrected chi connectivity index (χ4v) is 2.31. The van der Waals surface area contributed by atoms with Gasteiger partial charge in [0.05, 0.1) is 0 Å². The number of carboxylic acids is 1. The highest BCUT2D eigenvalue weighted by Crippen LogP contribution is 2.29. The van der Waals surface area contributed by atoms with Gasteiger partial charge in [-0.1, -0.05) is 42.5 Å². The first-order valence-corrected chi connectivity index (χ1v) is 6.63. The van der Waals surface area contributed by atoms with Gasteiger partial charge < -0.3 is 5.11 Å². The second-order valence-corrected chi connectivity index (χ2v) is 4.95. The number of hydrogen-bond donors (Lipinski definition) is 1. The molecule has 0 fully saturated rings. The topological polar surface area (TPSA) is 57.6 Å². The molecule has 0 aliphatic rings. The van der Waals surface area contributed by atoms with Crippen LogP contribution in [-0.4, -0.2) is 17.5 Å². The maximum Gasteiger partial charge on any atom is 0.331 e. The van der Waals surface area contributed by atoms with Gasteiger partial charge in [0.15, 0.2) is 6.04 Å². The highest BCUT2D eigenvalue weighted by molar-refractivity contribution is 5.90. The van der Waals surface area contributed by atoms with Crippen molar-refractivity contribution in [1.82, 2.24) is 0 Å². The number of carboxylic acid groups (broad SMARTS) is 1. The summed E-state index contributed by atoms with van der Waals surface area (Å²) >= 11 is 0. The molecule has 2 aromatic rings. The van der Waals surface area contributed by atoms with Crippen molar-refractivity contribution in [3.05, 3.63) is 65.2 Å². The maximum absolute atomic E-state index is 11.7. The van der Waals surface area contributed by atoms with E-state index >= 15 is 0 Å². The van der Waals surface area contributed by atoms with Crippen molar-refractivity contribution >= 4 is 18.1 Å². The summed E-state index contributed by atoms with van der Waals surface area (Å²) in [6.07, 6.45) is 0.577. The Morgan fingerprint density at radius 2 is 1.81 bits per heavy atom. The quantitative estimate of drug-likeness (QED) is 0.858. The van der Waals surface area contributed by atoms with Crippen molar-refractivity contribution in [2.75, 3.05) is 4.90 Å². The third-order valence-electron chi connectivity index (χ3n) is 3.38. The Kier molecular flexibility index (Phi) is 4.38. The highest BCUT2D eigenvalue weighted by atomic mass is 16.4. The normalized spacial score (nSPS) is 11.7. The minimum absolute atomic E-state index is 0.568. The van der Waals surface area contributed by atoms with Gasteiger partial charge in [-0.2, -0.15) is 0 Å². The Bertz CT molecular complexity index is 652. The zero-order chi connectivity index (χ0) is 15.4. The van der Waals surface area contributed by atoms with Crippen LogP contribution in [0.4, 0.5) is 5.69 Å². The van der Waals surface area contributed by atoms with Crippen LogP contribution in [0.2, 0.25) is 0 Å². The van der Waals surface area contributed by atoms with Crippen LogP contribution >= 0.6 is 0 Å². The molecular formula is C17H17NO3. The smallest absolute Gasteiger partial charge is 0.331 e. The summed E-state index contributed by atoms with van der Waals surface area (Å²) in [5, 5.41) is 9.55. The second kappa shape index (κ2) is 6.22. The van der Waals surface area contributed by atoms with Crippen LogP contribution in [0.3, 0.4) is 0 Å². The van der Waals surface area contributed by atoms with Gasteiger partial charge in [-0.15, -0.1) is 0 Å². The monoisotopic (exact) mass is 283 g/mol. The predicted octanol–water partition coefficient (Wildman–Crippen LogP) is 3.09. The Morgan fingerprint density at radius 1 is 1.14 bits per heavy atom. The average Bonchev–Trinajstić information content (AvgIpc) is 2.48. The van der Waals surface area contributed by atoms with E-state index in [4.69, 9.17) is 0 Å². The summed E-state index contributed by atoms with van der Waals surface area (Å²) in [5.74, 6) is -1.06. The SMILES string of the molecule is Cc1ccc(C)c(N(C=O)C(C(=O)O)c2ccccc2)c1. The third-order valence-corrected chi connectivity index (χ3v) is 3.38. The van der Waals surface area contributed by atoms with Crippen molar-refractivity contribution in [1.29, 1.82) is 0 Å². The van der Waals surface area contributed by atoms with Crippen LogP contribution in [-0.2, 0) is 9.59 Å². The van der Waals surface area contributed by atoms with E-state index in [1.165, 1.54) is 4.90 Å². The number of nitrogens with zero attached hydrogens (tertiary/aromatic N) is 1. The highest BCUT2D eigenvalue weighted by Gasteiger charge is 2.28. The first-order valence-electron chi connectivity index (χ1n) is 6.63. The van der Waals surface area contributed by atoms with Gasteiger partial charge in [0.2, 0.25) is 6.41 Å². The molecule has 1 N–H and O–H groups in total. The van der Waals surface area contributed by atoms with Gasteiger partial charge in [0.25, 0.3) is 0 Å². The standard InChI is InChI=1S/C17H17NO3/c1-12-8-9-13(2)15(10-12)18(11-19)16(17(20)21)14-6-4-3-5-7-14/h3-11,16H,1-2H3,(H,20,21). The van der Waals surface area contributed by atoms with Crippen molar-refractivity contribution in [2.45, 2.75) is 19.9 Å². The molecule has 2 rings (SSSR count). The molecule has 1 unspecified atom stereocenters. The molecule has 4 nitrogen and oxygen atoms in total. The minimum Gasteiger partial charge on any atom is -0.479 e. The molecule has 108 valence electrons. The van der Waals surface area contributed by atoms with Gasteiger partial charge in [-0.05, 0) is 36.6 Å². The number of amides is 1. The molecule has 0 saturated heterocycles. The minimum atomic E-state index is -1.06. The molecule has 0 saturated carbocycles. The van der Waals surface area contributed by atoms with Gasteiger partial charge in [-0.3, -0.25) is 9.69 Å². The van der Waals surface area contributed by atoms with E-state index in [0.29, 0.717) is 17.7 Å². The summed E-state index contributed by atoms with van der Waals surface area (Å²) in [6, 6.07) is 13.3. The van der Waals surface area contributed by atoms with Crippen LogP contribution in [0.1, 0.15) is 22.7 Å². The molecule has 1 amide bonds. The van der Waals surface area contributed by atoms with Gasteiger partial charge in [0, 0.05) is 5.69 Å². The Morgan fingerprint density at radius 3 is 2.38 bits per heavy atom. The van der Waals surface area contributed by atoms with E-state index in [0.717, 1.165) is 11.1 Å². The molecule has 0 radical (unpaired) electrons. The second-order valence-electron chi connectivity index (χ2n) is 4.95. The molecule has 0 aromatic heterocycles. The number of hydrogen-bond acceptors (Lipinski definition) is 2. The molecule has 0 bridgehead atoms. The fourth-order valence-electron chi connectivity index (χ4n) is 2.31. The lowest BCUT2D eigenvalue weighted by Gasteiger charge is -2.27. The lowest BCUT2D eigenvalue weighted by molar-refractivity contribution is -0.139. The molecule has 2 aromatic carbocycles. The molecule has 0 aliphatic heterocycles.